The summed E-state index contributed by atoms with van der Waals surface area (Å²) in [6, 6.07) is 5.93. The van der Waals surface area contributed by atoms with Gasteiger partial charge in [0.15, 0.2) is 27.9 Å². The smallest absolute Gasteiger partial charge is 0.211 e. The lowest BCUT2D eigenvalue weighted by Gasteiger charge is -2.31. The number of Topliss-reactive ketones (excluding diaryl/α,β-unsaturated/α-hetero) is 1. The Morgan fingerprint density at radius 1 is 1.21 bits per heavy atom. The van der Waals surface area contributed by atoms with Crippen LogP contribution in [0, 0.1) is 5.92 Å². The number of rotatable bonds is 7. The largest absolute Gasteiger partial charge is 0.382 e. The molecular formula is C25H28N8O3S2. The van der Waals surface area contributed by atoms with Crippen molar-refractivity contribution in [3.8, 4) is 11.3 Å². The molecule has 2 aliphatic rings. The number of fused-ring (bicyclic) bond motifs is 2. The number of aromatic amines is 1. The first-order chi connectivity index (χ1) is 18.3. The number of H-pyrrole nitrogens is 1. The van der Waals surface area contributed by atoms with Crippen LogP contribution in [0.25, 0.3) is 22.4 Å². The molecule has 6 rings (SSSR count). The third-order valence-corrected chi connectivity index (χ3v) is 9.68. The molecule has 13 heteroatoms. The zero-order chi connectivity index (χ0) is 26.4. The van der Waals surface area contributed by atoms with Crippen LogP contribution in [0.4, 0.5) is 5.82 Å². The van der Waals surface area contributed by atoms with E-state index in [2.05, 4.69) is 26.2 Å². The Kier molecular flexibility index (Phi) is 6.44. The fourth-order valence-corrected chi connectivity index (χ4v) is 7.38. The molecule has 1 aliphatic heterocycles. The molecular weight excluding hydrogens is 524 g/mol. The molecule has 0 radical (unpaired) electrons. The number of benzene rings is 1. The van der Waals surface area contributed by atoms with Gasteiger partial charge in [0.05, 0.1) is 11.9 Å². The van der Waals surface area contributed by atoms with Gasteiger partial charge in [-0.2, -0.15) is 5.10 Å². The van der Waals surface area contributed by atoms with Gasteiger partial charge in [-0.1, -0.05) is 11.8 Å². The maximum Gasteiger partial charge on any atom is 0.211 e. The van der Waals surface area contributed by atoms with Crippen molar-refractivity contribution in [2.45, 2.75) is 48.7 Å². The molecule has 1 atom stereocenters. The van der Waals surface area contributed by atoms with Crippen molar-refractivity contribution in [2.24, 2.45) is 5.92 Å². The lowest BCUT2D eigenvalue weighted by molar-refractivity contribution is 0.0994. The number of ketones is 1. The van der Waals surface area contributed by atoms with Crippen molar-refractivity contribution in [3.63, 3.8) is 0 Å². The maximum atomic E-state index is 12.6. The number of nitrogens with zero attached hydrogens (tertiary/aromatic N) is 6. The summed E-state index contributed by atoms with van der Waals surface area (Å²) in [5.41, 5.74) is 10.9. The number of imidazole rings is 1. The van der Waals surface area contributed by atoms with Crippen molar-refractivity contribution in [3.05, 3.63) is 41.9 Å². The summed E-state index contributed by atoms with van der Waals surface area (Å²) in [5.74, 6) is 0.676. The molecule has 1 unspecified atom stereocenters. The molecule has 0 spiro atoms. The van der Waals surface area contributed by atoms with E-state index >= 15 is 0 Å². The summed E-state index contributed by atoms with van der Waals surface area (Å²) in [6.45, 7) is 1.68. The number of anilines is 1. The number of nitrogens with two attached hydrogens (primary N) is 1. The standard InChI is InChI=1S/C25H28N8O3S2/c1-38(35,36)32-9-2-3-15(13-32)7-10-33-24-22(23(26)27-14-28-24)30-25(33)37-21-12-17-16(4-5-20(17)34)11-18(21)19-6-8-29-31-19/h6,8,11-12,14-15H,2-5,7,9-10,13H2,1H3,(H,29,31)(H2,26,27,28). The van der Waals surface area contributed by atoms with Gasteiger partial charge in [-0.25, -0.2) is 27.7 Å². The third kappa shape index (κ3) is 4.69. The summed E-state index contributed by atoms with van der Waals surface area (Å²) < 4.78 is 27.8. The summed E-state index contributed by atoms with van der Waals surface area (Å²) >= 11 is 1.46. The van der Waals surface area contributed by atoms with E-state index in [4.69, 9.17) is 10.7 Å². The highest BCUT2D eigenvalue weighted by Crippen LogP contribution is 2.40. The molecule has 1 aliphatic carbocycles. The van der Waals surface area contributed by atoms with E-state index in [9.17, 15) is 13.2 Å². The number of aromatic nitrogens is 6. The second-order valence-corrected chi connectivity index (χ2v) is 12.9. The summed E-state index contributed by atoms with van der Waals surface area (Å²) in [4.78, 5) is 26.9. The van der Waals surface area contributed by atoms with Crippen LogP contribution in [0.1, 0.15) is 41.6 Å². The lowest BCUT2D eigenvalue weighted by atomic mass is 9.96. The minimum atomic E-state index is -3.22. The third-order valence-electron chi connectivity index (χ3n) is 7.36. The Morgan fingerprint density at radius 2 is 2.08 bits per heavy atom. The Hall–Kier alpha value is -3.29. The molecule has 38 heavy (non-hydrogen) atoms. The molecule has 0 bridgehead atoms. The first-order valence-electron chi connectivity index (χ1n) is 12.6. The van der Waals surface area contributed by atoms with E-state index in [1.54, 1.807) is 10.5 Å². The number of nitrogens with one attached hydrogen (secondary N) is 1. The summed E-state index contributed by atoms with van der Waals surface area (Å²) in [7, 11) is -3.22. The summed E-state index contributed by atoms with van der Waals surface area (Å²) in [6.07, 6.45) is 8.24. The first kappa shape index (κ1) is 25.0. The molecule has 1 fully saturated rings. The highest BCUT2D eigenvalue weighted by atomic mass is 32.2. The van der Waals surface area contributed by atoms with Crippen LogP contribution < -0.4 is 5.73 Å². The average Bonchev–Trinajstić information content (AvgIpc) is 3.63. The van der Waals surface area contributed by atoms with E-state index in [1.807, 2.05) is 16.7 Å². The normalized spacial score (nSPS) is 18.3. The van der Waals surface area contributed by atoms with Gasteiger partial charge in [0.25, 0.3) is 0 Å². The molecule has 0 saturated carbocycles. The molecule has 0 amide bonds. The monoisotopic (exact) mass is 552 g/mol. The van der Waals surface area contributed by atoms with Crippen molar-refractivity contribution >= 4 is 44.6 Å². The number of carbonyl (C=O) groups excluding carboxylic acids is 1. The zero-order valence-corrected chi connectivity index (χ0v) is 22.6. The van der Waals surface area contributed by atoms with Crippen molar-refractivity contribution in [1.82, 2.24) is 34.0 Å². The maximum absolute atomic E-state index is 12.6. The van der Waals surface area contributed by atoms with Gasteiger partial charge >= 0.3 is 0 Å². The number of hydrogen-bond acceptors (Lipinski definition) is 9. The van der Waals surface area contributed by atoms with E-state index in [0.717, 1.165) is 53.0 Å². The van der Waals surface area contributed by atoms with Gasteiger partial charge in [0.2, 0.25) is 10.0 Å². The van der Waals surface area contributed by atoms with E-state index in [-0.39, 0.29) is 11.7 Å². The van der Waals surface area contributed by atoms with Gasteiger partial charge in [-0.15, -0.1) is 0 Å². The Morgan fingerprint density at radius 3 is 2.87 bits per heavy atom. The predicted octanol–water partition coefficient (Wildman–Crippen LogP) is 3.14. The number of piperidine rings is 1. The van der Waals surface area contributed by atoms with Crippen LogP contribution in [0.3, 0.4) is 0 Å². The van der Waals surface area contributed by atoms with Gasteiger partial charge in [-0.05, 0) is 55.4 Å². The van der Waals surface area contributed by atoms with Gasteiger partial charge in [-0.3, -0.25) is 9.89 Å². The molecule has 4 heterocycles. The molecule has 3 N–H and O–H groups in total. The lowest BCUT2D eigenvalue weighted by Crippen LogP contribution is -2.39. The average molecular weight is 553 g/mol. The van der Waals surface area contributed by atoms with Crippen molar-refractivity contribution in [2.75, 3.05) is 25.1 Å². The van der Waals surface area contributed by atoms with Crippen molar-refractivity contribution in [1.29, 1.82) is 0 Å². The SMILES string of the molecule is CS(=O)(=O)N1CCCC(CCn2c(Sc3cc4c(cc3-c3ccn[nH]3)CCC4=O)nc3c(N)ncnc32)C1. The first-order valence-corrected chi connectivity index (χ1v) is 15.2. The quantitative estimate of drug-likeness (QED) is 0.352. The zero-order valence-electron chi connectivity index (χ0n) is 20.9. The Labute approximate surface area is 224 Å². The topological polar surface area (TPSA) is 153 Å². The molecule has 1 aromatic carbocycles. The fourth-order valence-electron chi connectivity index (χ4n) is 5.36. The number of sulfonamides is 1. The second-order valence-electron chi connectivity index (χ2n) is 9.90. The molecule has 11 nitrogen and oxygen atoms in total. The minimum absolute atomic E-state index is 0.148. The van der Waals surface area contributed by atoms with Gasteiger partial charge < -0.3 is 10.3 Å². The number of nitrogen functional groups attached to an aromatic ring is 1. The van der Waals surface area contributed by atoms with Crippen molar-refractivity contribution < 1.29 is 13.2 Å². The number of carbonyl (C=O) groups is 1. The predicted molar refractivity (Wildman–Crippen MR) is 144 cm³/mol. The highest BCUT2D eigenvalue weighted by Gasteiger charge is 2.28. The second kappa shape index (κ2) is 9.79. The van der Waals surface area contributed by atoms with Crippen LogP contribution in [-0.2, 0) is 23.0 Å². The van der Waals surface area contributed by atoms with E-state index in [1.165, 1.54) is 24.3 Å². The minimum Gasteiger partial charge on any atom is -0.382 e. The summed E-state index contributed by atoms with van der Waals surface area (Å²) in [5, 5.41) is 7.85. The van der Waals surface area contributed by atoms with Crippen LogP contribution in [0.2, 0.25) is 0 Å². The molecule has 3 aromatic heterocycles. The highest BCUT2D eigenvalue weighted by molar-refractivity contribution is 7.99. The molecule has 4 aromatic rings. The number of hydrogen-bond donors (Lipinski definition) is 2. The Bertz CT molecular complexity index is 1630. The Balaban J connectivity index is 1.36. The van der Waals surface area contributed by atoms with Gasteiger partial charge in [0.1, 0.15) is 6.33 Å². The van der Waals surface area contributed by atoms with E-state index in [0.29, 0.717) is 48.2 Å². The van der Waals surface area contributed by atoms with Crippen LogP contribution in [-0.4, -0.2) is 67.6 Å². The molecule has 1 saturated heterocycles. The van der Waals surface area contributed by atoms with Crippen LogP contribution in [0.15, 0.2) is 40.8 Å². The van der Waals surface area contributed by atoms with E-state index < -0.39 is 10.0 Å². The molecule has 198 valence electrons. The van der Waals surface area contributed by atoms with Gasteiger partial charge in [0, 0.05) is 48.3 Å². The number of aryl methyl sites for hydroxylation is 2. The van der Waals surface area contributed by atoms with Crippen LogP contribution >= 0.6 is 11.8 Å². The van der Waals surface area contributed by atoms with Crippen LogP contribution in [0.5, 0.6) is 0 Å². The fraction of sp³-hybridized carbons (Fsp3) is 0.400.